The Morgan fingerprint density at radius 3 is 2.72 bits per heavy atom. The van der Waals surface area contributed by atoms with Crippen molar-refractivity contribution in [1.82, 2.24) is 20.9 Å². The third-order valence-electron chi connectivity index (χ3n) is 5.41. The van der Waals surface area contributed by atoms with Crippen molar-refractivity contribution in [3.63, 3.8) is 0 Å². The first-order valence-electron chi connectivity index (χ1n) is 10.0. The van der Waals surface area contributed by atoms with Gasteiger partial charge in [0.05, 0.1) is 6.04 Å². The van der Waals surface area contributed by atoms with Gasteiger partial charge in [0.2, 0.25) is 11.8 Å². The highest BCUT2D eigenvalue weighted by Crippen LogP contribution is 2.27. The van der Waals surface area contributed by atoms with E-state index in [2.05, 4.69) is 33.1 Å². The van der Waals surface area contributed by atoms with Crippen LogP contribution in [0.2, 0.25) is 0 Å². The van der Waals surface area contributed by atoms with Crippen molar-refractivity contribution >= 4 is 17.6 Å². The van der Waals surface area contributed by atoms with E-state index in [1.807, 2.05) is 31.2 Å². The smallest absolute Gasteiger partial charge is 0.242 e. The van der Waals surface area contributed by atoms with Crippen molar-refractivity contribution in [2.45, 2.75) is 51.2 Å². The van der Waals surface area contributed by atoms with Crippen molar-refractivity contribution in [3.8, 4) is 0 Å². The molecule has 0 bridgehead atoms. The van der Waals surface area contributed by atoms with Crippen LogP contribution in [0.15, 0.2) is 42.5 Å². The number of carbonyl (C=O) groups excluding carboxylic acids is 2. The van der Waals surface area contributed by atoms with E-state index in [-0.39, 0.29) is 17.9 Å². The summed E-state index contributed by atoms with van der Waals surface area (Å²) >= 11 is 0. The van der Waals surface area contributed by atoms with Crippen molar-refractivity contribution in [2.24, 2.45) is 0 Å². The number of aryl methyl sites for hydroxylation is 1. The van der Waals surface area contributed by atoms with Crippen LogP contribution in [0.5, 0.6) is 0 Å². The molecule has 0 spiro atoms. The quantitative estimate of drug-likeness (QED) is 0.594. The molecule has 1 saturated heterocycles. The molecular formula is C22H29N5O2. The van der Waals surface area contributed by atoms with Crippen LogP contribution in [0.3, 0.4) is 0 Å². The fourth-order valence-electron chi connectivity index (χ4n) is 3.66. The number of nitrogens with one attached hydrogen (secondary N) is 3. The fourth-order valence-corrected chi connectivity index (χ4v) is 3.66. The maximum atomic E-state index is 12.7. The minimum atomic E-state index is -0.622. The number of hydrogen-bond acceptors (Lipinski definition) is 5. The van der Waals surface area contributed by atoms with Gasteiger partial charge in [-0.25, -0.2) is 4.98 Å². The molecule has 154 valence electrons. The second kappa shape index (κ2) is 9.52. The fraction of sp³-hybridized carbons (Fsp3) is 0.409. The zero-order chi connectivity index (χ0) is 20.8. The van der Waals surface area contributed by atoms with Gasteiger partial charge in [-0.05, 0) is 56.3 Å². The number of carbonyl (C=O) groups is 2. The zero-order valence-corrected chi connectivity index (χ0v) is 16.9. The van der Waals surface area contributed by atoms with Gasteiger partial charge in [-0.2, -0.15) is 0 Å². The maximum Gasteiger partial charge on any atom is 0.242 e. The number of hydrogen-bond donors (Lipinski definition) is 4. The number of piperidine rings is 1. The Morgan fingerprint density at radius 2 is 2.00 bits per heavy atom. The standard InChI is InChI=1S/C22H29N5O2/c1-14-18(8-9-20(23)26-14)13-25-21(28)15(2)27-22(29)19-12-17(10-11-24-19)16-6-4-3-5-7-16/h3-9,15,17,19,24H,10-13H2,1-2H3,(H2,23,26)(H,25,28)(H,27,29)/t15-,17+,19+/m0/s1. The van der Waals surface area contributed by atoms with Gasteiger partial charge in [-0.3, -0.25) is 9.59 Å². The third-order valence-corrected chi connectivity index (χ3v) is 5.41. The topological polar surface area (TPSA) is 109 Å². The van der Waals surface area contributed by atoms with E-state index in [0.717, 1.165) is 30.6 Å². The lowest BCUT2D eigenvalue weighted by Gasteiger charge is -2.30. The van der Waals surface area contributed by atoms with Gasteiger partial charge >= 0.3 is 0 Å². The predicted molar refractivity (Wildman–Crippen MR) is 113 cm³/mol. The van der Waals surface area contributed by atoms with Crippen LogP contribution in [0.25, 0.3) is 0 Å². The first-order chi connectivity index (χ1) is 13.9. The van der Waals surface area contributed by atoms with Crippen molar-refractivity contribution in [3.05, 3.63) is 59.3 Å². The lowest BCUT2D eigenvalue weighted by molar-refractivity contribution is -0.130. The van der Waals surface area contributed by atoms with Gasteiger partial charge in [0.25, 0.3) is 0 Å². The zero-order valence-electron chi connectivity index (χ0n) is 16.9. The average molecular weight is 396 g/mol. The van der Waals surface area contributed by atoms with E-state index >= 15 is 0 Å². The average Bonchev–Trinajstić information content (AvgIpc) is 2.73. The Hall–Kier alpha value is -2.93. The molecule has 0 saturated carbocycles. The molecule has 3 atom stereocenters. The van der Waals surface area contributed by atoms with E-state index in [4.69, 9.17) is 5.73 Å². The monoisotopic (exact) mass is 395 g/mol. The molecule has 3 rings (SSSR count). The highest BCUT2D eigenvalue weighted by molar-refractivity contribution is 5.89. The van der Waals surface area contributed by atoms with E-state index in [0.29, 0.717) is 18.3 Å². The van der Waals surface area contributed by atoms with Crippen LogP contribution in [-0.2, 0) is 16.1 Å². The largest absolute Gasteiger partial charge is 0.384 e. The van der Waals surface area contributed by atoms with Crippen LogP contribution in [0.1, 0.15) is 42.5 Å². The number of benzene rings is 1. The Balaban J connectivity index is 1.50. The third kappa shape index (κ3) is 5.54. The Labute approximate surface area is 171 Å². The molecule has 0 aliphatic carbocycles. The Bertz CT molecular complexity index is 856. The molecule has 0 unspecified atom stereocenters. The Kier molecular flexibility index (Phi) is 6.82. The molecule has 29 heavy (non-hydrogen) atoms. The van der Waals surface area contributed by atoms with Crippen LogP contribution < -0.4 is 21.7 Å². The molecule has 1 aromatic carbocycles. The molecule has 7 heteroatoms. The van der Waals surface area contributed by atoms with Crippen LogP contribution in [-0.4, -0.2) is 35.4 Å². The highest BCUT2D eigenvalue weighted by atomic mass is 16.2. The molecule has 1 fully saturated rings. The highest BCUT2D eigenvalue weighted by Gasteiger charge is 2.29. The molecular weight excluding hydrogens is 366 g/mol. The number of aromatic nitrogens is 1. The number of rotatable bonds is 6. The van der Waals surface area contributed by atoms with Gasteiger partial charge in [-0.1, -0.05) is 36.4 Å². The summed E-state index contributed by atoms with van der Waals surface area (Å²) in [5, 5.41) is 8.95. The maximum absolute atomic E-state index is 12.7. The summed E-state index contributed by atoms with van der Waals surface area (Å²) in [6.45, 7) is 4.66. The number of anilines is 1. The predicted octanol–water partition coefficient (Wildman–Crippen LogP) is 1.63. The first-order valence-corrected chi connectivity index (χ1v) is 10.0. The van der Waals surface area contributed by atoms with Gasteiger partial charge in [0.15, 0.2) is 0 Å². The second-order valence-electron chi connectivity index (χ2n) is 7.57. The summed E-state index contributed by atoms with van der Waals surface area (Å²) < 4.78 is 0. The minimum absolute atomic E-state index is 0.140. The number of pyridine rings is 1. The minimum Gasteiger partial charge on any atom is -0.384 e. The van der Waals surface area contributed by atoms with Crippen molar-refractivity contribution in [1.29, 1.82) is 0 Å². The molecule has 2 heterocycles. The van der Waals surface area contributed by atoms with E-state index in [1.165, 1.54) is 5.56 Å². The van der Waals surface area contributed by atoms with E-state index < -0.39 is 6.04 Å². The molecule has 7 nitrogen and oxygen atoms in total. The van der Waals surface area contributed by atoms with Crippen molar-refractivity contribution < 1.29 is 9.59 Å². The summed E-state index contributed by atoms with van der Waals surface area (Å²) in [6, 6.07) is 12.9. The van der Waals surface area contributed by atoms with Gasteiger partial charge < -0.3 is 21.7 Å². The van der Waals surface area contributed by atoms with Crippen LogP contribution in [0.4, 0.5) is 5.82 Å². The summed E-state index contributed by atoms with van der Waals surface area (Å²) in [6.07, 6.45) is 1.72. The Morgan fingerprint density at radius 1 is 1.24 bits per heavy atom. The van der Waals surface area contributed by atoms with E-state index in [9.17, 15) is 9.59 Å². The SMILES string of the molecule is Cc1nc(N)ccc1CNC(=O)[C@H](C)NC(=O)[C@H]1C[C@H](c2ccccc2)CCN1. The molecule has 1 aromatic heterocycles. The van der Waals surface area contributed by atoms with Crippen molar-refractivity contribution in [2.75, 3.05) is 12.3 Å². The van der Waals surface area contributed by atoms with Gasteiger partial charge in [-0.15, -0.1) is 0 Å². The molecule has 1 aliphatic rings. The lowest BCUT2D eigenvalue weighted by Crippen LogP contribution is -2.53. The molecule has 0 radical (unpaired) electrons. The number of nitrogen functional groups attached to an aromatic ring is 1. The number of amides is 2. The molecule has 1 aliphatic heterocycles. The van der Waals surface area contributed by atoms with Gasteiger partial charge in [0, 0.05) is 12.2 Å². The molecule has 2 aromatic rings. The van der Waals surface area contributed by atoms with Crippen LogP contribution >= 0.6 is 0 Å². The number of nitrogens with zero attached hydrogens (tertiary/aromatic N) is 1. The second-order valence-corrected chi connectivity index (χ2v) is 7.57. The van der Waals surface area contributed by atoms with E-state index in [1.54, 1.807) is 13.0 Å². The summed E-state index contributed by atoms with van der Waals surface area (Å²) in [5.41, 5.74) is 8.58. The van der Waals surface area contributed by atoms with Crippen LogP contribution in [0, 0.1) is 6.92 Å². The molecule has 2 amide bonds. The summed E-state index contributed by atoms with van der Waals surface area (Å²) in [5.74, 6) is 0.425. The summed E-state index contributed by atoms with van der Waals surface area (Å²) in [4.78, 5) is 29.3. The molecule has 5 N–H and O–H groups in total. The van der Waals surface area contributed by atoms with Gasteiger partial charge in [0.1, 0.15) is 11.9 Å². The summed E-state index contributed by atoms with van der Waals surface area (Å²) in [7, 11) is 0. The normalized spacial score (nSPS) is 19.9. The lowest BCUT2D eigenvalue weighted by atomic mass is 9.86. The number of nitrogens with two attached hydrogens (primary N) is 1. The first kappa shape index (κ1) is 20.8.